The third kappa shape index (κ3) is 3.81. The van der Waals surface area contributed by atoms with Gasteiger partial charge in [-0.05, 0) is 67.3 Å². The molecule has 0 aliphatic carbocycles. The molecule has 0 heterocycles. The van der Waals surface area contributed by atoms with Crippen LogP contribution in [0.15, 0.2) is 42.5 Å². The summed E-state index contributed by atoms with van der Waals surface area (Å²) in [6, 6.07) is 12.2. The monoisotopic (exact) mass is 273 g/mol. The Morgan fingerprint density at radius 1 is 1.10 bits per heavy atom. The van der Waals surface area contributed by atoms with Crippen molar-refractivity contribution in [2.24, 2.45) is 5.73 Å². The van der Waals surface area contributed by atoms with Crippen molar-refractivity contribution in [1.29, 1.82) is 0 Å². The number of ether oxygens (including phenoxy) is 1. The largest absolute Gasteiger partial charge is 0.457 e. The Kier molecular flexibility index (Phi) is 4.74. The molecule has 1 unspecified atom stereocenters. The van der Waals surface area contributed by atoms with Gasteiger partial charge in [-0.1, -0.05) is 13.0 Å². The lowest BCUT2D eigenvalue weighted by atomic mass is 10.00. The summed E-state index contributed by atoms with van der Waals surface area (Å²) in [6.07, 6.45) is 1.84. The Labute approximate surface area is 119 Å². The molecular formula is C17H20FNO. The molecule has 20 heavy (non-hydrogen) atoms. The molecule has 2 aromatic carbocycles. The molecule has 0 saturated heterocycles. The third-order valence-corrected chi connectivity index (χ3v) is 3.37. The van der Waals surface area contributed by atoms with Crippen LogP contribution in [0.25, 0.3) is 0 Å². The molecule has 0 bridgehead atoms. The van der Waals surface area contributed by atoms with Crippen molar-refractivity contribution >= 4 is 0 Å². The van der Waals surface area contributed by atoms with E-state index in [9.17, 15) is 4.39 Å². The van der Waals surface area contributed by atoms with Gasteiger partial charge in [0, 0.05) is 6.04 Å². The molecule has 2 nitrogen and oxygen atoms in total. The van der Waals surface area contributed by atoms with E-state index in [1.54, 1.807) is 12.1 Å². The summed E-state index contributed by atoms with van der Waals surface area (Å²) in [5.74, 6) is 1.11. The first-order chi connectivity index (χ1) is 9.58. The van der Waals surface area contributed by atoms with Gasteiger partial charge in [-0.25, -0.2) is 4.39 Å². The Balaban J connectivity index is 2.10. The lowest BCUT2D eigenvalue weighted by molar-refractivity contribution is 0.479. The summed E-state index contributed by atoms with van der Waals surface area (Å²) in [5.41, 5.74) is 8.39. The number of benzene rings is 2. The molecule has 0 saturated carbocycles. The molecular weight excluding hydrogens is 253 g/mol. The molecule has 2 N–H and O–H groups in total. The zero-order valence-corrected chi connectivity index (χ0v) is 11.9. The summed E-state index contributed by atoms with van der Waals surface area (Å²) in [5, 5.41) is 0. The van der Waals surface area contributed by atoms with Gasteiger partial charge in [0.05, 0.1) is 0 Å². The molecule has 2 aromatic rings. The van der Waals surface area contributed by atoms with Crippen molar-refractivity contribution in [3.05, 3.63) is 59.4 Å². The van der Waals surface area contributed by atoms with Crippen LogP contribution >= 0.6 is 0 Å². The van der Waals surface area contributed by atoms with E-state index in [0.717, 1.165) is 24.2 Å². The van der Waals surface area contributed by atoms with Crippen LogP contribution < -0.4 is 10.5 Å². The van der Waals surface area contributed by atoms with Gasteiger partial charge < -0.3 is 10.5 Å². The molecule has 0 radical (unpaired) electrons. The molecule has 106 valence electrons. The number of hydrogen-bond donors (Lipinski definition) is 1. The van der Waals surface area contributed by atoms with E-state index in [2.05, 4.69) is 13.8 Å². The number of halogens is 1. The summed E-state index contributed by atoms with van der Waals surface area (Å²) >= 11 is 0. The van der Waals surface area contributed by atoms with Gasteiger partial charge in [-0.3, -0.25) is 0 Å². The van der Waals surface area contributed by atoms with Crippen molar-refractivity contribution in [2.45, 2.75) is 32.7 Å². The Hall–Kier alpha value is -1.87. The Bertz CT molecular complexity index is 566. The smallest absolute Gasteiger partial charge is 0.127 e. The second-order valence-electron chi connectivity index (χ2n) is 5.02. The molecule has 0 amide bonds. The maximum Gasteiger partial charge on any atom is 0.127 e. The predicted octanol–water partition coefficient (Wildman–Crippen LogP) is 4.21. The van der Waals surface area contributed by atoms with E-state index in [1.165, 1.54) is 17.7 Å². The fraction of sp³-hybridized carbons (Fsp3) is 0.294. The highest BCUT2D eigenvalue weighted by Gasteiger charge is 2.06. The van der Waals surface area contributed by atoms with E-state index < -0.39 is 0 Å². The standard InChI is InChI=1S/C17H20FNO/c1-3-15(19)11-13-4-7-17(10-12(13)2)20-16-8-5-14(18)6-9-16/h4-10,15H,3,11,19H2,1-2H3. The highest BCUT2D eigenvalue weighted by Crippen LogP contribution is 2.24. The quantitative estimate of drug-likeness (QED) is 0.885. The van der Waals surface area contributed by atoms with Gasteiger partial charge in [0.15, 0.2) is 0 Å². The van der Waals surface area contributed by atoms with Crippen LogP contribution in [0.5, 0.6) is 11.5 Å². The van der Waals surface area contributed by atoms with Crippen molar-refractivity contribution in [3.63, 3.8) is 0 Å². The molecule has 0 aliphatic heterocycles. The fourth-order valence-electron chi connectivity index (χ4n) is 2.03. The van der Waals surface area contributed by atoms with Gasteiger partial charge in [-0.2, -0.15) is 0 Å². The van der Waals surface area contributed by atoms with Crippen molar-refractivity contribution in [2.75, 3.05) is 0 Å². The summed E-state index contributed by atoms with van der Waals surface area (Å²) in [7, 11) is 0. The van der Waals surface area contributed by atoms with E-state index in [0.29, 0.717) is 5.75 Å². The second kappa shape index (κ2) is 6.53. The average Bonchev–Trinajstić information content (AvgIpc) is 2.44. The third-order valence-electron chi connectivity index (χ3n) is 3.37. The minimum Gasteiger partial charge on any atom is -0.457 e. The van der Waals surface area contributed by atoms with Crippen molar-refractivity contribution in [3.8, 4) is 11.5 Å². The van der Waals surface area contributed by atoms with Crippen LogP contribution in [0.4, 0.5) is 4.39 Å². The van der Waals surface area contributed by atoms with Crippen LogP contribution in [-0.2, 0) is 6.42 Å². The van der Waals surface area contributed by atoms with Crippen LogP contribution in [0.2, 0.25) is 0 Å². The molecule has 0 aromatic heterocycles. The topological polar surface area (TPSA) is 35.2 Å². The van der Waals surface area contributed by atoms with Crippen LogP contribution in [0.1, 0.15) is 24.5 Å². The first kappa shape index (κ1) is 14.5. The highest BCUT2D eigenvalue weighted by molar-refractivity contribution is 5.38. The van der Waals surface area contributed by atoms with Gasteiger partial charge in [-0.15, -0.1) is 0 Å². The van der Waals surface area contributed by atoms with Gasteiger partial charge in [0.1, 0.15) is 17.3 Å². The minimum atomic E-state index is -0.266. The molecule has 1 atom stereocenters. The normalized spacial score (nSPS) is 12.2. The van der Waals surface area contributed by atoms with Crippen LogP contribution in [-0.4, -0.2) is 6.04 Å². The zero-order chi connectivity index (χ0) is 14.5. The first-order valence-electron chi connectivity index (χ1n) is 6.87. The second-order valence-corrected chi connectivity index (χ2v) is 5.02. The van der Waals surface area contributed by atoms with Crippen molar-refractivity contribution in [1.82, 2.24) is 0 Å². The highest BCUT2D eigenvalue weighted by atomic mass is 19.1. The summed E-state index contributed by atoms with van der Waals surface area (Å²) < 4.78 is 18.5. The lowest BCUT2D eigenvalue weighted by Crippen LogP contribution is -2.21. The van der Waals surface area contributed by atoms with Crippen LogP contribution in [0.3, 0.4) is 0 Å². The molecule has 0 aliphatic rings. The minimum absolute atomic E-state index is 0.192. The maximum absolute atomic E-state index is 12.8. The van der Waals surface area contributed by atoms with Gasteiger partial charge in [0.2, 0.25) is 0 Å². The number of rotatable bonds is 5. The van der Waals surface area contributed by atoms with Gasteiger partial charge >= 0.3 is 0 Å². The number of hydrogen-bond acceptors (Lipinski definition) is 2. The molecule has 0 spiro atoms. The molecule has 2 rings (SSSR count). The van der Waals surface area contributed by atoms with Crippen LogP contribution in [0, 0.1) is 12.7 Å². The van der Waals surface area contributed by atoms with Gasteiger partial charge in [0.25, 0.3) is 0 Å². The summed E-state index contributed by atoms with van der Waals surface area (Å²) in [6.45, 7) is 4.14. The number of nitrogens with two attached hydrogens (primary N) is 1. The Morgan fingerprint density at radius 3 is 2.35 bits per heavy atom. The predicted molar refractivity (Wildman–Crippen MR) is 79.6 cm³/mol. The van der Waals surface area contributed by atoms with Crippen molar-refractivity contribution < 1.29 is 9.13 Å². The van der Waals surface area contributed by atoms with E-state index in [1.807, 2.05) is 18.2 Å². The molecule has 0 fully saturated rings. The molecule has 3 heteroatoms. The average molecular weight is 273 g/mol. The van der Waals surface area contributed by atoms with E-state index >= 15 is 0 Å². The lowest BCUT2D eigenvalue weighted by Gasteiger charge is -2.13. The number of aryl methyl sites for hydroxylation is 1. The van der Waals surface area contributed by atoms with E-state index in [4.69, 9.17) is 10.5 Å². The fourth-order valence-corrected chi connectivity index (χ4v) is 2.03. The summed E-state index contributed by atoms with van der Waals surface area (Å²) in [4.78, 5) is 0. The zero-order valence-electron chi connectivity index (χ0n) is 11.9. The van der Waals surface area contributed by atoms with E-state index in [-0.39, 0.29) is 11.9 Å². The Morgan fingerprint density at radius 2 is 1.75 bits per heavy atom. The maximum atomic E-state index is 12.8. The SMILES string of the molecule is CCC(N)Cc1ccc(Oc2ccc(F)cc2)cc1C. The first-order valence-corrected chi connectivity index (χ1v) is 6.87.